The minimum atomic E-state index is -4.69. The molecule has 35 heavy (non-hydrogen) atoms. The van der Waals surface area contributed by atoms with Crippen LogP contribution >= 0.6 is 24.8 Å². The van der Waals surface area contributed by atoms with Gasteiger partial charge in [0.05, 0.1) is 5.60 Å². The standard InChI is InChI=1S/C26H39F3N2O2.2ClH/c27-26(28,29)33-23-11-9-22(10-12-23)24(25(32)13-5-2-6-14-25)20-31-17-15-30(16-18-31)19-21-7-3-1-4-8-21;;/h9-12,21,24,32H,1-8,13-20H2;2*1H. The molecule has 9 heteroatoms. The second-order valence-corrected chi connectivity index (χ2v) is 10.4. The van der Waals surface area contributed by atoms with Crippen LogP contribution in [0.2, 0.25) is 0 Å². The average Bonchev–Trinajstić information content (AvgIpc) is 2.79. The quantitative estimate of drug-likeness (QED) is 0.433. The zero-order valence-corrected chi connectivity index (χ0v) is 22.1. The lowest BCUT2D eigenvalue weighted by atomic mass is 9.72. The summed E-state index contributed by atoms with van der Waals surface area (Å²) in [4.78, 5) is 5.04. The first-order valence-corrected chi connectivity index (χ1v) is 12.8. The molecule has 1 N–H and O–H groups in total. The largest absolute Gasteiger partial charge is 0.573 e. The number of halogens is 5. The van der Waals surface area contributed by atoms with Crippen molar-refractivity contribution in [3.05, 3.63) is 29.8 Å². The molecule has 2 aliphatic carbocycles. The monoisotopic (exact) mass is 540 g/mol. The van der Waals surface area contributed by atoms with Gasteiger partial charge in [0.25, 0.3) is 0 Å². The van der Waals surface area contributed by atoms with Crippen LogP contribution in [0.1, 0.15) is 75.7 Å². The van der Waals surface area contributed by atoms with Crippen molar-refractivity contribution in [1.29, 1.82) is 0 Å². The molecule has 1 aromatic rings. The van der Waals surface area contributed by atoms with Crippen molar-refractivity contribution < 1.29 is 23.0 Å². The molecular weight excluding hydrogens is 500 g/mol. The summed E-state index contributed by atoms with van der Waals surface area (Å²) in [5.74, 6) is 0.526. The van der Waals surface area contributed by atoms with Crippen LogP contribution in [0.3, 0.4) is 0 Å². The number of aliphatic hydroxyl groups is 1. The van der Waals surface area contributed by atoms with Gasteiger partial charge in [-0.3, -0.25) is 0 Å². The molecule has 1 aromatic carbocycles. The van der Waals surface area contributed by atoms with E-state index in [-0.39, 0.29) is 36.5 Å². The van der Waals surface area contributed by atoms with E-state index in [9.17, 15) is 18.3 Å². The molecule has 4 rings (SSSR count). The third-order valence-corrected chi connectivity index (χ3v) is 8.03. The molecule has 0 radical (unpaired) electrons. The lowest BCUT2D eigenvalue weighted by Gasteiger charge is -2.44. The molecular formula is C26H41Cl2F3N2O2. The number of benzene rings is 1. The molecule has 4 nitrogen and oxygen atoms in total. The SMILES string of the molecule is Cl.Cl.OC1(C(CN2CCN(CC3CCCCC3)CC2)c2ccc(OC(F)(F)F)cc2)CCCCC1. The number of alkyl halides is 3. The van der Waals surface area contributed by atoms with Gasteiger partial charge in [-0.25, -0.2) is 0 Å². The summed E-state index contributed by atoms with van der Waals surface area (Å²) in [5.41, 5.74) is 0.0997. The van der Waals surface area contributed by atoms with Gasteiger partial charge in [0, 0.05) is 45.2 Å². The second-order valence-electron chi connectivity index (χ2n) is 10.4. The van der Waals surface area contributed by atoms with Gasteiger partial charge < -0.3 is 19.6 Å². The number of hydrogen-bond acceptors (Lipinski definition) is 4. The Hall–Kier alpha value is -0.730. The van der Waals surface area contributed by atoms with E-state index >= 15 is 0 Å². The molecule has 3 fully saturated rings. The number of rotatable bonds is 7. The highest BCUT2D eigenvalue weighted by Gasteiger charge is 2.40. The zero-order valence-electron chi connectivity index (χ0n) is 20.5. The van der Waals surface area contributed by atoms with E-state index in [1.807, 2.05) is 0 Å². The summed E-state index contributed by atoms with van der Waals surface area (Å²) in [6.07, 6.45) is 6.79. The van der Waals surface area contributed by atoms with Gasteiger partial charge in [-0.1, -0.05) is 50.7 Å². The van der Waals surface area contributed by atoms with Gasteiger partial charge in [-0.2, -0.15) is 0 Å². The maximum Gasteiger partial charge on any atom is 0.573 e. The zero-order chi connectivity index (χ0) is 23.3. The molecule has 2 saturated carbocycles. The smallest absolute Gasteiger partial charge is 0.406 e. The van der Waals surface area contributed by atoms with Crippen LogP contribution in [0, 0.1) is 5.92 Å². The molecule has 1 aliphatic heterocycles. The van der Waals surface area contributed by atoms with E-state index in [0.717, 1.165) is 76.3 Å². The first-order valence-electron chi connectivity index (χ1n) is 12.8. The van der Waals surface area contributed by atoms with E-state index in [0.29, 0.717) is 0 Å². The van der Waals surface area contributed by atoms with Crippen molar-refractivity contribution in [2.24, 2.45) is 5.92 Å². The maximum absolute atomic E-state index is 12.6. The molecule has 202 valence electrons. The van der Waals surface area contributed by atoms with Crippen molar-refractivity contribution >= 4 is 24.8 Å². The molecule has 0 spiro atoms. The van der Waals surface area contributed by atoms with Crippen molar-refractivity contribution in [3.63, 3.8) is 0 Å². The Bertz CT molecular complexity index is 731. The van der Waals surface area contributed by atoms with E-state index in [1.54, 1.807) is 12.1 Å². The topological polar surface area (TPSA) is 35.9 Å². The Morgan fingerprint density at radius 3 is 1.97 bits per heavy atom. The summed E-state index contributed by atoms with van der Waals surface area (Å²) < 4.78 is 41.8. The lowest BCUT2D eigenvalue weighted by molar-refractivity contribution is -0.274. The second kappa shape index (κ2) is 13.7. The van der Waals surface area contributed by atoms with Crippen molar-refractivity contribution in [1.82, 2.24) is 9.80 Å². The van der Waals surface area contributed by atoms with Gasteiger partial charge in [0.15, 0.2) is 0 Å². The molecule has 1 atom stereocenters. The Kier molecular flexibility index (Phi) is 11.9. The molecule has 0 amide bonds. The highest BCUT2D eigenvalue weighted by atomic mass is 35.5. The predicted octanol–water partition coefficient (Wildman–Crippen LogP) is 6.41. The van der Waals surface area contributed by atoms with Gasteiger partial charge in [-0.05, 0) is 49.3 Å². The third-order valence-electron chi connectivity index (χ3n) is 8.03. The van der Waals surface area contributed by atoms with Crippen LogP contribution in [0.15, 0.2) is 24.3 Å². The van der Waals surface area contributed by atoms with Gasteiger partial charge >= 0.3 is 6.36 Å². The van der Waals surface area contributed by atoms with E-state index in [4.69, 9.17) is 0 Å². The summed E-state index contributed by atoms with van der Waals surface area (Å²) in [6, 6.07) is 6.17. The first kappa shape index (κ1) is 30.5. The van der Waals surface area contributed by atoms with Crippen LogP contribution in [0.25, 0.3) is 0 Å². The summed E-state index contributed by atoms with van der Waals surface area (Å²) in [7, 11) is 0. The molecule has 0 aromatic heterocycles. The minimum Gasteiger partial charge on any atom is -0.406 e. The number of nitrogens with zero attached hydrogens (tertiary/aromatic N) is 2. The average molecular weight is 542 g/mol. The lowest BCUT2D eigenvalue weighted by Crippen LogP contribution is -2.51. The molecule has 1 saturated heterocycles. The van der Waals surface area contributed by atoms with Crippen molar-refractivity contribution in [3.8, 4) is 5.75 Å². The highest BCUT2D eigenvalue weighted by molar-refractivity contribution is 5.85. The molecule has 1 unspecified atom stereocenters. The van der Waals surface area contributed by atoms with Gasteiger partial charge in [0.2, 0.25) is 0 Å². The summed E-state index contributed by atoms with van der Waals surface area (Å²) >= 11 is 0. The maximum atomic E-state index is 12.6. The Morgan fingerprint density at radius 2 is 1.40 bits per heavy atom. The van der Waals surface area contributed by atoms with Gasteiger partial charge in [0.1, 0.15) is 5.75 Å². The molecule has 3 aliphatic rings. The molecule has 0 bridgehead atoms. The van der Waals surface area contributed by atoms with Crippen LogP contribution in [-0.2, 0) is 0 Å². The number of hydrogen-bond donors (Lipinski definition) is 1. The van der Waals surface area contributed by atoms with Crippen LogP contribution < -0.4 is 4.74 Å². The number of ether oxygens (including phenoxy) is 1. The fraction of sp³-hybridized carbons (Fsp3) is 0.769. The predicted molar refractivity (Wildman–Crippen MR) is 138 cm³/mol. The Morgan fingerprint density at radius 1 is 0.857 bits per heavy atom. The highest BCUT2D eigenvalue weighted by Crippen LogP contribution is 2.41. The van der Waals surface area contributed by atoms with Crippen molar-refractivity contribution in [2.45, 2.75) is 82.1 Å². The molecule has 1 heterocycles. The third kappa shape index (κ3) is 8.96. The normalized spacial score (nSPS) is 23.1. The first-order chi connectivity index (χ1) is 15.8. The van der Waals surface area contributed by atoms with Crippen LogP contribution in [-0.4, -0.2) is 66.1 Å². The Labute approximate surface area is 220 Å². The number of piperazine rings is 1. The summed E-state index contributed by atoms with van der Waals surface area (Å²) in [5, 5.41) is 11.6. The van der Waals surface area contributed by atoms with E-state index < -0.39 is 12.0 Å². The van der Waals surface area contributed by atoms with Crippen LogP contribution in [0.4, 0.5) is 13.2 Å². The fourth-order valence-electron chi connectivity index (χ4n) is 6.15. The minimum absolute atomic E-state index is 0. The summed E-state index contributed by atoms with van der Waals surface area (Å²) in [6.45, 7) is 6.03. The van der Waals surface area contributed by atoms with Crippen LogP contribution in [0.5, 0.6) is 5.75 Å². The van der Waals surface area contributed by atoms with Crippen molar-refractivity contribution in [2.75, 3.05) is 39.3 Å². The van der Waals surface area contributed by atoms with E-state index in [2.05, 4.69) is 14.5 Å². The van der Waals surface area contributed by atoms with Gasteiger partial charge in [-0.15, -0.1) is 38.0 Å². The fourth-order valence-corrected chi connectivity index (χ4v) is 6.15. The van der Waals surface area contributed by atoms with E-state index in [1.165, 1.54) is 50.8 Å². The Balaban J connectivity index is 0.00000216.